The van der Waals surface area contributed by atoms with Crippen molar-refractivity contribution in [2.75, 3.05) is 7.11 Å². The zero-order valence-electron chi connectivity index (χ0n) is 10.7. The van der Waals surface area contributed by atoms with E-state index in [1.165, 1.54) is 0 Å². The van der Waals surface area contributed by atoms with E-state index in [-0.39, 0.29) is 6.10 Å². The molecule has 1 aromatic heterocycles. The zero-order chi connectivity index (χ0) is 13.1. The van der Waals surface area contributed by atoms with Crippen molar-refractivity contribution < 1.29 is 14.3 Å². The summed E-state index contributed by atoms with van der Waals surface area (Å²) in [5, 5.41) is 11.1. The van der Waals surface area contributed by atoms with Crippen LogP contribution in [0.4, 0.5) is 0 Å². The highest BCUT2D eigenvalue weighted by atomic mass is 16.6. The molecule has 0 aliphatic rings. The van der Waals surface area contributed by atoms with Gasteiger partial charge in [0.1, 0.15) is 18.9 Å². The van der Waals surface area contributed by atoms with Gasteiger partial charge in [0.25, 0.3) is 0 Å². The second kappa shape index (κ2) is 4.92. The third-order valence-corrected chi connectivity index (χ3v) is 2.55. The molecular formula is C14H15N2O2+. The lowest BCUT2D eigenvalue weighted by Gasteiger charge is -2.11. The second-order valence-corrected chi connectivity index (χ2v) is 4.24. The summed E-state index contributed by atoms with van der Waals surface area (Å²) < 4.78 is 7.25. The van der Waals surface area contributed by atoms with Crippen LogP contribution in [-0.2, 0) is 0 Å². The molecule has 0 fully saturated rings. The van der Waals surface area contributed by atoms with Crippen LogP contribution < -0.4 is 14.3 Å². The van der Waals surface area contributed by atoms with Crippen molar-refractivity contribution in [3.63, 3.8) is 0 Å². The number of benzene rings is 1. The van der Waals surface area contributed by atoms with Crippen molar-refractivity contribution in [1.82, 2.24) is 0 Å². The van der Waals surface area contributed by atoms with Crippen molar-refractivity contribution in [3.05, 3.63) is 36.2 Å². The van der Waals surface area contributed by atoms with Crippen LogP contribution in [0.15, 0.2) is 30.6 Å². The van der Waals surface area contributed by atoms with E-state index in [9.17, 15) is 0 Å². The fraction of sp³-hybridized carbons (Fsp3) is 0.286. The number of fused-ring (bicyclic) bond motifs is 1. The number of ether oxygens (including phenoxy) is 1. The van der Waals surface area contributed by atoms with Crippen molar-refractivity contribution >= 4 is 10.8 Å². The lowest BCUT2D eigenvalue weighted by atomic mass is 10.1. The minimum Gasteiger partial charge on any atom is -0.490 e. The zero-order valence-corrected chi connectivity index (χ0v) is 10.7. The Balaban J connectivity index is 2.59. The lowest BCUT2D eigenvalue weighted by Crippen LogP contribution is -2.39. The lowest BCUT2D eigenvalue weighted by molar-refractivity contribution is -0.884. The van der Waals surface area contributed by atoms with E-state index >= 15 is 0 Å². The van der Waals surface area contributed by atoms with E-state index in [2.05, 4.69) is 6.07 Å². The van der Waals surface area contributed by atoms with E-state index in [0.717, 1.165) is 10.8 Å². The minimum absolute atomic E-state index is 0.0350. The van der Waals surface area contributed by atoms with Crippen LogP contribution in [-0.4, -0.2) is 13.2 Å². The first kappa shape index (κ1) is 12.2. The third-order valence-electron chi connectivity index (χ3n) is 2.55. The predicted molar refractivity (Wildman–Crippen MR) is 67.1 cm³/mol. The number of aromatic nitrogens is 1. The highest BCUT2D eigenvalue weighted by Crippen LogP contribution is 2.25. The Morgan fingerprint density at radius 2 is 2.06 bits per heavy atom. The van der Waals surface area contributed by atoms with E-state index in [0.29, 0.717) is 11.3 Å². The normalized spacial score (nSPS) is 10.4. The molecule has 0 atom stereocenters. The molecule has 0 aliphatic carbocycles. The summed E-state index contributed by atoms with van der Waals surface area (Å²) in [6, 6.07) is 7.75. The maximum atomic E-state index is 9.13. The Hall–Kier alpha value is -2.28. The first-order valence-electron chi connectivity index (χ1n) is 5.74. The molecule has 0 N–H and O–H groups in total. The molecule has 92 valence electrons. The topological polar surface area (TPSA) is 46.1 Å². The summed E-state index contributed by atoms with van der Waals surface area (Å²) >= 11 is 0. The number of nitrogens with zero attached hydrogens (tertiary/aromatic N) is 2. The molecule has 0 radical (unpaired) electrons. The minimum atomic E-state index is 0.0350. The largest absolute Gasteiger partial charge is 0.490 e. The summed E-state index contributed by atoms with van der Waals surface area (Å²) in [4.78, 5) is 5.11. The highest BCUT2D eigenvalue weighted by Gasteiger charge is 2.10. The molecule has 2 rings (SSSR count). The molecule has 0 saturated carbocycles. The van der Waals surface area contributed by atoms with E-state index in [1.807, 2.05) is 38.2 Å². The van der Waals surface area contributed by atoms with Crippen LogP contribution in [0.1, 0.15) is 19.4 Å². The summed E-state index contributed by atoms with van der Waals surface area (Å²) in [6.07, 6.45) is 3.68. The van der Waals surface area contributed by atoms with Crippen LogP contribution in [0.25, 0.3) is 10.8 Å². The van der Waals surface area contributed by atoms with Crippen molar-refractivity contribution in [1.29, 1.82) is 5.26 Å². The SMILES string of the molecule is CO[n+]1ccc2cc(C#N)c(OC(C)C)cc2c1. The van der Waals surface area contributed by atoms with Crippen LogP contribution in [0.5, 0.6) is 5.75 Å². The van der Waals surface area contributed by atoms with Gasteiger partial charge in [-0.2, -0.15) is 5.26 Å². The Morgan fingerprint density at radius 3 is 2.67 bits per heavy atom. The summed E-state index contributed by atoms with van der Waals surface area (Å²) in [7, 11) is 1.60. The predicted octanol–water partition coefficient (Wildman–Crippen LogP) is 1.84. The van der Waals surface area contributed by atoms with Crippen LogP contribution in [0.3, 0.4) is 0 Å². The molecule has 1 heterocycles. The van der Waals surface area contributed by atoms with Crippen LogP contribution >= 0.6 is 0 Å². The van der Waals surface area contributed by atoms with Gasteiger partial charge in [-0.1, -0.05) is 0 Å². The maximum Gasteiger partial charge on any atom is 0.230 e. The number of rotatable bonds is 3. The van der Waals surface area contributed by atoms with Gasteiger partial charge in [0.05, 0.1) is 17.1 Å². The van der Waals surface area contributed by atoms with Gasteiger partial charge < -0.3 is 4.74 Å². The molecule has 0 unspecified atom stereocenters. The summed E-state index contributed by atoms with van der Waals surface area (Å²) in [6.45, 7) is 3.87. The number of hydrogen-bond donors (Lipinski definition) is 0. The van der Waals surface area contributed by atoms with Crippen LogP contribution in [0.2, 0.25) is 0 Å². The van der Waals surface area contributed by atoms with E-state index in [1.54, 1.807) is 18.0 Å². The monoisotopic (exact) mass is 243 g/mol. The van der Waals surface area contributed by atoms with E-state index < -0.39 is 0 Å². The molecule has 1 aromatic carbocycles. The number of hydrogen-bond acceptors (Lipinski definition) is 3. The van der Waals surface area contributed by atoms with Gasteiger partial charge in [0, 0.05) is 10.8 Å². The molecule has 4 heteroatoms. The molecule has 0 saturated heterocycles. The second-order valence-electron chi connectivity index (χ2n) is 4.24. The highest BCUT2D eigenvalue weighted by molar-refractivity contribution is 5.84. The fourth-order valence-electron chi connectivity index (χ4n) is 1.75. The summed E-state index contributed by atoms with van der Waals surface area (Å²) in [5.41, 5.74) is 0.548. The average Bonchev–Trinajstić information content (AvgIpc) is 2.36. The molecule has 0 bridgehead atoms. The standard InChI is InChI=1S/C14H15N2O2/c1-10(2)18-14-7-13-9-16(17-3)5-4-11(13)6-12(14)8-15/h4-7,9-10H,1-3H3/q+1. The maximum absolute atomic E-state index is 9.13. The molecule has 0 spiro atoms. The third kappa shape index (κ3) is 2.35. The van der Waals surface area contributed by atoms with E-state index in [4.69, 9.17) is 14.8 Å². The van der Waals surface area contributed by atoms with Crippen molar-refractivity contribution in [2.24, 2.45) is 0 Å². The molecular weight excluding hydrogens is 228 g/mol. The van der Waals surface area contributed by atoms with Gasteiger partial charge in [-0.25, -0.2) is 0 Å². The Labute approximate surface area is 106 Å². The number of nitriles is 1. The fourth-order valence-corrected chi connectivity index (χ4v) is 1.75. The Kier molecular flexibility index (Phi) is 3.33. The van der Waals surface area contributed by atoms with Crippen LogP contribution in [0, 0.1) is 11.3 Å². The Bertz CT molecular complexity index is 615. The van der Waals surface area contributed by atoms with Gasteiger partial charge in [-0.3, -0.25) is 4.84 Å². The molecule has 2 aromatic rings. The Morgan fingerprint density at radius 1 is 1.28 bits per heavy atom. The first-order valence-corrected chi connectivity index (χ1v) is 5.74. The summed E-state index contributed by atoms with van der Waals surface area (Å²) in [5.74, 6) is 0.605. The molecule has 4 nitrogen and oxygen atoms in total. The number of pyridine rings is 1. The smallest absolute Gasteiger partial charge is 0.230 e. The van der Waals surface area contributed by atoms with Gasteiger partial charge >= 0.3 is 0 Å². The van der Waals surface area contributed by atoms with Gasteiger partial charge in [0.15, 0.2) is 0 Å². The first-order chi connectivity index (χ1) is 8.63. The van der Waals surface area contributed by atoms with Crippen molar-refractivity contribution in [3.8, 4) is 11.8 Å². The van der Waals surface area contributed by atoms with Gasteiger partial charge in [-0.05, 0) is 31.4 Å². The van der Waals surface area contributed by atoms with Gasteiger partial charge in [0.2, 0.25) is 12.4 Å². The molecule has 0 amide bonds. The van der Waals surface area contributed by atoms with Gasteiger partial charge in [-0.15, -0.1) is 0 Å². The van der Waals surface area contributed by atoms with Crippen molar-refractivity contribution in [2.45, 2.75) is 20.0 Å². The quantitative estimate of drug-likeness (QED) is 0.773. The molecule has 18 heavy (non-hydrogen) atoms. The molecule has 0 aliphatic heterocycles. The average molecular weight is 243 g/mol.